The SMILES string of the molecule is CCN1CCN(C(c2ccccc2F)c2nnnn2Cc2cccs2)CC1. The van der Waals surface area contributed by atoms with Gasteiger partial charge >= 0.3 is 0 Å². The van der Waals surface area contributed by atoms with Gasteiger partial charge in [0.15, 0.2) is 5.82 Å². The number of tetrazole rings is 1. The first kappa shape index (κ1) is 18.2. The maximum absolute atomic E-state index is 14.7. The summed E-state index contributed by atoms with van der Waals surface area (Å²) in [5.41, 5.74) is 0.629. The van der Waals surface area contributed by atoms with Gasteiger partial charge in [0.2, 0.25) is 0 Å². The lowest BCUT2D eigenvalue weighted by Gasteiger charge is -2.38. The molecule has 0 amide bonds. The van der Waals surface area contributed by atoms with Crippen molar-refractivity contribution in [1.29, 1.82) is 0 Å². The van der Waals surface area contributed by atoms with Crippen LogP contribution in [0, 0.1) is 5.82 Å². The predicted octanol–water partition coefficient (Wildman–Crippen LogP) is 2.65. The zero-order valence-corrected chi connectivity index (χ0v) is 16.1. The molecule has 6 nitrogen and oxygen atoms in total. The van der Waals surface area contributed by atoms with E-state index in [9.17, 15) is 4.39 Å². The van der Waals surface area contributed by atoms with E-state index in [1.54, 1.807) is 22.1 Å². The van der Waals surface area contributed by atoms with Gasteiger partial charge in [-0.15, -0.1) is 16.4 Å². The molecule has 0 spiro atoms. The van der Waals surface area contributed by atoms with Crippen molar-refractivity contribution in [1.82, 2.24) is 30.0 Å². The van der Waals surface area contributed by atoms with Gasteiger partial charge in [0, 0.05) is 36.6 Å². The van der Waals surface area contributed by atoms with Crippen molar-refractivity contribution in [2.75, 3.05) is 32.7 Å². The largest absolute Gasteiger partial charge is 0.301 e. The minimum Gasteiger partial charge on any atom is -0.301 e. The summed E-state index contributed by atoms with van der Waals surface area (Å²) in [6, 6.07) is 10.7. The second-order valence-corrected chi connectivity index (χ2v) is 7.70. The lowest BCUT2D eigenvalue weighted by atomic mass is 10.0. The third-order valence-electron chi connectivity index (χ3n) is 5.11. The summed E-state index contributed by atoms with van der Waals surface area (Å²) >= 11 is 1.67. The Morgan fingerprint density at radius 3 is 2.63 bits per heavy atom. The molecule has 3 heterocycles. The summed E-state index contributed by atoms with van der Waals surface area (Å²) in [5, 5.41) is 14.5. The van der Waals surface area contributed by atoms with Crippen LogP contribution >= 0.6 is 11.3 Å². The molecule has 0 bridgehead atoms. The minimum absolute atomic E-state index is 0.217. The topological polar surface area (TPSA) is 50.1 Å². The van der Waals surface area contributed by atoms with E-state index in [1.807, 2.05) is 23.6 Å². The summed E-state index contributed by atoms with van der Waals surface area (Å²) in [4.78, 5) is 5.87. The molecule has 0 saturated carbocycles. The number of likely N-dealkylation sites (N-methyl/N-ethyl adjacent to an activating group) is 1. The first-order valence-electron chi connectivity index (χ1n) is 9.25. The van der Waals surface area contributed by atoms with Gasteiger partial charge in [-0.3, -0.25) is 4.90 Å². The van der Waals surface area contributed by atoms with Crippen LogP contribution in [0.25, 0.3) is 0 Å². The van der Waals surface area contributed by atoms with Crippen LogP contribution in [0.1, 0.15) is 29.2 Å². The Morgan fingerprint density at radius 2 is 1.93 bits per heavy atom. The van der Waals surface area contributed by atoms with E-state index < -0.39 is 0 Å². The van der Waals surface area contributed by atoms with E-state index >= 15 is 0 Å². The maximum Gasteiger partial charge on any atom is 0.173 e. The molecule has 1 fully saturated rings. The van der Waals surface area contributed by atoms with Crippen molar-refractivity contribution < 1.29 is 4.39 Å². The number of hydrogen-bond acceptors (Lipinski definition) is 6. The molecule has 0 N–H and O–H groups in total. The van der Waals surface area contributed by atoms with Crippen molar-refractivity contribution in [3.05, 3.63) is 63.9 Å². The molecule has 142 valence electrons. The number of hydrogen-bond donors (Lipinski definition) is 0. The van der Waals surface area contributed by atoms with Crippen molar-refractivity contribution in [2.45, 2.75) is 19.5 Å². The first-order valence-corrected chi connectivity index (χ1v) is 10.1. The number of halogens is 1. The Hall–Kier alpha value is -2.16. The molecule has 1 aliphatic heterocycles. The van der Waals surface area contributed by atoms with Gasteiger partial charge in [-0.2, -0.15) is 0 Å². The summed E-state index contributed by atoms with van der Waals surface area (Å²) in [7, 11) is 0. The highest BCUT2D eigenvalue weighted by Gasteiger charge is 2.32. The van der Waals surface area contributed by atoms with Crippen LogP contribution in [0.2, 0.25) is 0 Å². The third-order valence-corrected chi connectivity index (χ3v) is 5.97. The summed E-state index contributed by atoms with van der Waals surface area (Å²) < 4.78 is 16.5. The molecule has 8 heteroatoms. The monoisotopic (exact) mass is 386 g/mol. The van der Waals surface area contributed by atoms with Gasteiger partial charge in [-0.25, -0.2) is 9.07 Å². The molecule has 1 aromatic carbocycles. The number of aromatic nitrogens is 4. The lowest BCUT2D eigenvalue weighted by molar-refractivity contribution is 0.107. The average Bonchev–Trinajstić information content (AvgIpc) is 3.37. The quantitative estimate of drug-likeness (QED) is 0.652. The van der Waals surface area contributed by atoms with Gasteiger partial charge in [-0.1, -0.05) is 31.2 Å². The van der Waals surface area contributed by atoms with Crippen LogP contribution in [-0.2, 0) is 6.54 Å². The van der Waals surface area contributed by atoms with Crippen LogP contribution in [0.3, 0.4) is 0 Å². The predicted molar refractivity (Wildman–Crippen MR) is 103 cm³/mol. The van der Waals surface area contributed by atoms with Crippen molar-refractivity contribution >= 4 is 11.3 Å². The van der Waals surface area contributed by atoms with Gasteiger partial charge in [0.25, 0.3) is 0 Å². The Bertz CT molecular complexity index is 857. The molecule has 2 aromatic heterocycles. The highest BCUT2D eigenvalue weighted by Crippen LogP contribution is 2.30. The van der Waals surface area contributed by atoms with E-state index in [2.05, 4.69) is 38.3 Å². The molecule has 1 atom stereocenters. The number of benzene rings is 1. The highest BCUT2D eigenvalue weighted by atomic mass is 32.1. The number of piperazine rings is 1. The van der Waals surface area contributed by atoms with Crippen molar-refractivity contribution in [3.8, 4) is 0 Å². The molecule has 4 rings (SSSR count). The minimum atomic E-state index is -0.292. The Labute approximate surface area is 162 Å². The summed E-state index contributed by atoms with van der Waals surface area (Å²) in [6.07, 6.45) is 0. The number of nitrogens with zero attached hydrogens (tertiary/aromatic N) is 6. The van der Waals surface area contributed by atoms with E-state index in [4.69, 9.17) is 0 Å². The molecule has 1 saturated heterocycles. The Morgan fingerprint density at radius 1 is 1.11 bits per heavy atom. The molecule has 1 unspecified atom stereocenters. The van der Waals surface area contributed by atoms with Crippen LogP contribution in [-0.4, -0.2) is 62.7 Å². The zero-order chi connectivity index (χ0) is 18.6. The van der Waals surface area contributed by atoms with Gasteiger partial charge < -0.3 is 4.90 Å². The maximum atomic E-state index is 14.7. The first-order chi connectivity index (χ1) is 13.3. The molecule has 0 aliphatic carbocycles. The van der Waals surface area contributed by atoms with Gasteiger partial charge in [0.1, 0.15) is 11.9 Å². The van der Waals surface area contributed by atoms with E-state index in [1.165, 1.54) is 10.9 Å². The molecular weight excluding hydrogens is 363 g/mol. The number of thiophene rings is 1. The number of rotatable bonds is 6. The Balaban J connectivity index is 1.69. The molecule has 1 aliphatic rings. The van der Waals surface area contributed by atoms with E-state index in [0.717, 1.165) is 32.7 Å². The molecule has 27 heavy (non-hydrogen) atoms. The van der Waals surface area contributed by atoms with Crippen LogP contribution in [0.4, 0.5) is 4.39 Å². The van der Waals surface area contributed by atoms with E-state index in [0.29, 0.717) is 17.9 Å². The highest BCUT2D eigenvalue weighted by molar-refractivity contribution is 7.09. The molecule has 3 aromatic rings. The average molecular weight is 387 g/mol. The normalized spacial score (nSPS) is 17.3. The fourth-order valence-corrected chi connectivity index (χ4v) is 4.29. The zero-order valence-electron chi connectivity index (χ0n) is 15.3. The fourth-order valence-electron chi connectivity index (χ4n) is 3.60. The summed E-state index contributed by atoms with van der Waals surface area (Å²) in [6.45, 7) is 7.46. The van der Waals surface area contributed by atoms with Crippen LogP contribution in [0.5, 0.6) is 0 Å². The summed E-state index contributed by atoms with van der Waals surface area (Å²) in [5.74, 6) is 0.476. The second kappa shape index (κ2) is 8.24. The van der Waals surface area contributed by atoms with Crippen molar-refractivity contribution in [3.63, 3.8) is 0 Å². The van der Waals surface area contributed by atoms with Gasteiger partial charge in [0.05, 0.1) is 6.54 Å². The van der Waals surface area contributed by atoms with E-state index in [-0.39, 0.29) is 11.9 Å². The fraction of sp³-hybridized carbons (Fsp3) is 0.421. The molecule has 0 radical (unpaired) electrons. The molecular formula is C19H23FN6S. The van der Waals surface area contributed by atoms with Crippen LogP contribution in [0.15, 0.2) is 41.8 Å². The standard InChI is InChI=1S/C19H23FN6S/c1-2-24-9-11-25(12-10-24)18(16-7-3-4-8-17(16)20)19-21-22-23-26(19)14-15-6-5-13-27-15/h3-8,13,18H,2,9-12,14H2,1H3. The van der Waals surface area contributed by atoms with Crippen molar-refractivity contribution in [2.24, 2.45) is 0 Å². The smallest absolute Gasteiger partial charge is 0.173 e. The van der Waals surface area contributed by atoms with Crippen LogP contribution < -0.4 is 0 Å². The second-order valence-electron chi connectivity index (χ2n) is 6.67. The Kier molecular flexibility index (Phi) is 5.56. The van der Waals surface area contributed by atoms with Gasteiger partial charge in [-0.05, 0) is 34.5 Å². The lowest BCUT2D eigenvalue weighted by Crippen LogP contribution is -2.48. The third kappa shape index (κ3) is 3.92.